The van der Waals surface area contributed by atoms with Crippen LogP contribution < -0.4 is 14.8 Å². The van der Waals surface area contributed by atoms with Gasteiger partial charge >= 0.3 is 0 Å². The number of rotatable bonds is 8. The molecule has 0 bridgehead atoms. The molecule has 1 aromatic carbocycles. The average Bonchev–Trinajstić information content (AvgIpc) is 3.03. The fourth-order valence-electron chi connectivity index (χ4n) is 2.77. The quantitative estimate of drug-likeness (QED) is 0.618. The summed E-state index contributed by atoms with van der Waals surface area (Å²) in [5, 5.41) is 2.88. The Labute approximate surface area is 158 Å². The lowest BCUT2D eigenvalue weighted by Crippen LogP contribution is -2.29. The zero-order valence-electron chi connectivity index (χ0n) is 15.8. The Morgan fingerprint density at radius 1 is 1.15 bits per heavy atom. The number of hydrogen-bond donors (Lipinski definition) is 1. The van der Waals surface area contributed by atoms with Crippen molar-refractivity contribution in [2.75, 3.05) is 34.4 Å². The number of imidazole rings is 1. The molecule has 0 aliphatic carbocycles. The van der Waals surface area contributed by atoms with Crippen LogP contribution in [0.4, 0.5) is 0 Å². The molecular formula is C20H24N4O3. The summed E-state index contributed by atoms with van der Waals surface area (Å²) >= 11 is 0. The van der Waals surface area contributed by atoms with E-state index in [0.717, 1.165) is 22.8 Å². The monoisotopic (exact) mass is 368 g/mol. The summed E-state index contributed by atoms with van der Waals surface area (Å²) in [6, 6.07) is 13.1. The maximum atomic E-state index is 12.6. The maximum absolute atomic E-state index is 12.6. The molecule has 7 nitrogen and oxygen atoms in total. The van der Waals surface area contributed by atoms with Crippen LogP contribution in [-0.4, -0.2) is 54.5 Å². The molecule has 0 saturated heterocycles. The first-order chi connectivity index (χ1) is 13.1. The van der Waals surface area contributed by atoms with Crippen molar-refractivity contribution in [2.24, 2.45) is 0 Å². The van der Waals surface area contributed by atoms with Gasteiger partial charge in [-0.2, -0.15) is 0 Å². The molecule has 0 fully saturated rings. The van der Waals surface area contributed by atoms with E-state index in [0.29, 0.717) is 25.4 Å². The Kier molecular flexibility index (Phi) is 5.93. The van der Waals surface area contributed by atoms with Crippen molar-refractivity contribution in [1.29, 1.82) is 0 Å². The van der Waals surface area contributed by atoms with Gasteiger partial charge in [0.1, 0.15) is 23.8 Å². The van der Waals surface area contributed by atoms with Crippen LogP contribution in [0.3, 0.4) is 0 Å². The second kappa shape index (κ2) is 8.55. The molecule has 0 spiro atoms. The number of pyridine rings is 1. The van der Waals surface area contributed by atoms with Gasteiger partial charge in [0.05, 0.1) is 19.3 Å². The number of aromatic nitrogens is 2. The molecule has 2 aromatic heterocycles. The summed E-state index contributed by atoms with van der Waals surface area (Å²) in [5.74, 6) is 1.30. The van der Waals surface area contributed by atoms with E-state index in [9.17, 15) is 4.79 Å². The van der Waals surface area contributed by atoms with Gasteiger partial charge in [-0.05, 0) is 50.5 Å². The maximum Gasteiger partial charge on any atom is 0.271 e. The van der Waals surface area contributed by atoms with Crippen molar-refractivity contribution >= 4 is 11.6 Å². The highest BCUT2D eigenvalue weighted by Gasteiger charge is 2.18. The van der Waals surface area contributed by atoms with Crippen LogP contribution in [0.1, 0.15) is 16.2 Å². The van der Waals surface area contributed by atoms with E-state index < -0.39 is 0 Å². The highest BCUT2D eigenvalue weighted by Crippen LogP contribution is 2.17. The van der Waals surface area contributed by atoms with Crippen molar-refractivity contribution in [1.82, 2.24) is 19.6 Å². The van der Waals surface area contributed by atoms with Crippen molar-refractivity contribution in [3.63, 3.8) is 0 Å². The molecule has 1 N–H and O–H groups in total. The lowest BCUT2D eigenvalue weighted by Gasteiger charge is -2.11. The number of carbonyl (C=O) groups is 1. The van der Waals surface area contributed by atoms with Crippen LogP contribution in [0, 0.1) is 0 Å². The highest BCUT2D eigenvalue weighted by atomic mass is 16.5. The Hall–Kier alpha value is -3.06. The van der Waals surface area contributed by atoms with Crippen molar-refractivity contribution < 1.29 is 14.3 Å². The minimum atomic E-state index is -0.200. The predicted octanol–water partition coefficient (Wildman–Crippen LogP) is 2.21. The molecule has 142 valence electrons. The van der Waals surface area contributed by atoms with Crippen molar-refractivity contribution in [3.05, 3.63) is 60.0 Å². The van der Waals surface area contributed by atoms with Crippen molar-refractivity contribution in [3.8, 4) is 11.5 Å². The normalized spacial score (nSPS) is 11.0. The third-order valence-electron chi connectivity index (χ3n) is 4.03. The lowest BCUT2D eigenvalue weighted by molar-refractivity contribution is 0.0941. The van der Waals surface area contributed by atoms with E-state index in [1.54, 1.807) is 7.11 Å². The summed E-state index contributed by atoms with van der Waals surface area (Å²) in [6.07, 6.45) is 1.92. The molecule has 3 aromatic rings. The van der Waals surface area contributed by atoms with E-state index in [2.05, 4.69) is 10.3 Å². The van der Waals surface area contributed by atoms with Gasteiger partial charge in [0, 0.05) is 12.7 Å². The summed E-state index contributed by atoms with van der Waals surface area (Å²) in [6.45, 7) is 1.38. The third kappa shape index (κ3) is 4.57. The second-order valence-electron chi connectivity index (χ2n) is 6.35. The fraction of sp³-hybridized carbons (Fsp3) is 0.300. The molecule has 0 atom stereocenters. The number of carbonyl (C=O) groups excluding carboxylic acids is 1. The fourth-order valence-corrected chi connectivity index (χ4v) is 2.77. The predicted molar refractivity (Wildman–Crippen MR) is 103 cm³/mol. The van der Waals surface area contributed by atoms with Gasteiger partial charge in [0.25, 0.3) is 5.91 Å². The number of hydrogen-bond acceptors (Lipinski definition) is 5. The molecule has 27 heavy (non-hydrogen) atoms. The van der Waals surface area contributed by atoms with E-state index >= 15 is 0 Å². The SMILES string of the molecule is COc1ccc(OCCNC(=O)c2nc3ccccn3c2CN(C)C)cc1. The van der Waals surface area contributed by atoms with Gasteiger partial charge in [-0.25, -0.2) is 4.98 Å². The molecule has 7 heteroatoms. The lowest BCUT2D eigenvalue weighted by atomic mass is 10.3. The smallest absolute Gasteiger partial charge is 0.271 e. The Morgan fingerprint density at radius 3 is 2.59 bits per heavy atom. The van der Waals surface area contributed by atoms with Crippen LogP contribution in [0.5, 0.6) is 11.5 Å². The number of nitrogens with one attached hydrogen (secondary N) is 1. The second-order valence-corrected chi connectivity index (χ2v) is 6.35. The van der Waals surface area contributed by atoms with Crippen LogP contribution in [0.2, 0.25) is 0 Å². The topological polar surface area (TPSA) is 68.1 Å². The summed E-state index contributed by atoms with van der Waals surface area (Å²) in [7, 11) is 5.55. The number of amides is 1. The zero-order chi connectivity index (χ0) is 19.2. The Balaban J connectivity index is 1.62. The third-order valence-corrected chi connectivity index (χ3v) is 4.03. The number of ether oxygens (including phenoxy) is 2. The highest BCUT2D eigenvalue weighted by molar-refractivity contribution is 5.94. The number of methoxy groups -OCH3 is 1. The molecule has 0 aliphatic rings. The number of fused-ring (bicyclic) bond motifs is 1. The van der Waals surface area contributed by atoms with Gasteiger partial charge in [0.15, 0.2) is 5.69 Å². The zero-order valence-corrected chi connectivity index (χ0v) is 15.8. The molecule has 1 amide bonds. The standard InChI is InChI=1S/C20H24N4O3/c1-23(2)14-17-19(22-18-6-4-5-12-24(17)18)20(25)21-11-13-27-16-9-7-15(26-3)8-10-16/h4-10,12H,11,13-14H2,1-3H3,(H,21,25). The summed E-state index contributed by atoms with van der Waals surface area (Å²) < 4.78 is 12.7. The van der Waals surface area contributed by atoms with Crippen LogP contribution in [-0.2, 0) is 6.54 Å². The van der Waals surface area contributed by atoms with E-state index in [1.807, 2.05) is 72.1 Å². The van der Waals surface area contributed by atoms with Crippen LogP contribution >= 0.6 is 0 Å². The molecule has 0 saturated carbocycles. The van der Waals surface area contributed by atoms with Gasteiger partial charge in [0.2, 0.25) is 0 Å². The molecule has 0 aliphatic heterocycles. The van der Waals surface area contributed by atoms with Gasteiger partial charge < -0.3 is 24.1 Å². The molecule has 0 unspecified atom stereocenters. The summed E-state index contributed by atoms with van der Waals surface area (Å²) in [4.78, 5) is 19.1. The van der Waals surface area contributed by atoms with Crippen molar-refractivity contribution in [2.45, 2.75) is 6.54 Å². The van der Waals surface area contributed by atoms with Gasteiger partial charge in [-0.15, -0.1) is 0 Å². The molecule has 3 rings (SSSR count). The minimum absolute atomic E-state index is 0.200. The number of benzene rings is 1. The van der Waals surface area contributed by atoms with Gasteiger partial charge in [-0.1, -0.05) is 6.07 Å². The Bertz CT molecular complexity index is 903. The van der Waals surface area contributed by atoms with E-state index in [1.165, 1.54) is 0 Å². The molecule has 0 radical (unpaired) electrons. The molecular weight excluding hydrogens is 344 g/mol. The molecule has 2 heterocycles. The average molecular weight is 368 g/mol. The first-order valence-electron chi connectivity index (χ1n) is 8.74. The first-order valence-corrected chi connectivity index (χ1v) is 8.74. The van der Waals surface area contributed by atoms with Crippen LogP contribution in [0.15, 0.2) is 48.7 Å². The first kappa shape index (κ1) is 18.7. The number of nitrogens with zero attached hydrogens (tertiary/aromatic N) is 3. The van der Waals surface area contributed by atoms with E-state index in [4.69, 9.17) is 9.47 Å². The largest absolute Gasteiger partial charge is 0.497 e. The summed E-state index contributed by atoms with van der Waals surface area (Å²) in [5.41, 5.74) is 2.07. The minimum Gasteiger partial charge on any atom is -0.497 e. The Morgan fingerprint density at radius 2 is 1.89 bits per heavy atom. The van der Waals surface area contributed by atoms with Gasteiger partial charge in [-0.3, -0.25) is 4.79 Å². The van der Waals surface area contributed by atoms with Crippen LogP contribution in [0.25, 0.3) is 5.65 Å². The van der Waals surface area contributed by atoms with E-state index in [-0.39, 0.29) is 5.91 Å².